The van der Waals surface area contributed by atoms with Gasteiger partial charge in [0.15, 0.2) is 18.2 Å². The molecule has 0 amide bonds. The largest absolute Gasteiger partial charge is 0.482 e. The maximum atomic E-state index is 13.6. The fourth-order valence-corrected chi connectivity index (χ4v) is 2.83. The topological polar surface area (TPSA) is 26.3 Å². The van der Waals surface area contributed by atoms with E-state index >= 15 is 0 Å². The number of benzene rings is 1. The zero-order valence-electron chi connectivity index (χ0n) is 10.5. The van der Waals surface area contributed by atoms with E-state index in [2.05, 4.69) is 0 Å². The molecule has 2 aromatic rings. The van der Waals surface area contributed by atoms with Gasteiger partial charge in [-0.05, 0) is 32.0 Å². The van der Waals surface area contributed by atoms with E-state index in [0.29, 0.717) is 5.56 Å². The summed E-state index contributed by atoms with van der Waals surface area (Å²) in [6.45, 7) is 3.62. The van der Waals surface area contributed by atoms with Gasteiger partial charge in [-0.2, -0.15) is 0 Å². The van der Waals surface area contributed by atoms with Crippen LogP contribution in [0.2, 0.25) is 5.02 Å². The predicted molar refractivity (Wildman–Crippen MR) is 75.0 cm³/mol. The molecule has 0 radical (unpaired) electrons. The number of carbonyl (C=O) groups is 1. The average molecular weight is 299 g/mol. The van der Waals surface area contributed by atoms with Crippen LogP contribution in [0.1, 0.15) is 20.1 Å². The van der Waals surface area contributed by atoms with Crippen molar-refractivity contribution in [2.75, 3.05) is 6.61 Å². The Kier molecular flexibility index (Phi) is 4.22. The normalized spacial score (nSPS) is 10.5. The minimum Gasteiger partial charge on any atom is -0.482 e. The number of ketones is 1. The van der Waals surface area contributed by atoms with E-state index in [9.17, 15) is 9.18 Å². The van der Waals surface area contributed by atoms with E-state index in [-0.39, 0.29) is 23.2 Å². The maximum absolute atomic E-state index is 13.6. The van der Waals surface area contributed by atoms with Crippen molar-refractivity contribution in [1.29, 1.82) is 0 Å². The molecule has 0 bridgehead atoms. The van der Waals surface area contributed by atoms with Crippen molar-refractivity contribution in [1.82, 2.24) is 0 Å². The lowest BCUT2D eigenvalue weighted by Crippen LogP contribution is -2.12. The fourth-order valence-electron chi connectivity index (χ4n) is 1.72. The van der Waals surface area contributed by atoms with E-state index in [0.717, 1.165) is 9.75 Å². The number of ether oxygens (including phenoxy) is 1. The molecule has 1 aromatic carbocycles. The Bertz CT molecular complexity index is 622. The van der Waals surface area contributed by atoms with Crippen molar-refractivity contribution in [3.05, 3.63) is 50.4 Å². The standard InChI is InChI=1S/C14H12ClFO2S/c1-8-6-10(9(2)19-8)12(17)7-18-13-5-3-4-11(15)14(13)16/h3-6H,7H2,1-2H3. The Hall–Kier alpha value is -1.39. The monoisotopic (exact) mass is 298 g/mol. The van der Waals surface area contributed by atoms with Crippen LogP contribution >= 0.6 is 22.9 Å². The first kappa shape index (κ1) is 14.0. The molecule has 2 nitrogen and oxygen atoms in total. The highest BCUT2D eigenvalue weighted by molar-refractivity contribution is 7.12. The van der Waals surface area contributed by atoms with E-state index in [1.165, 1.54) is 12.1 Å². The summed E-state index contributed by atoms with van der Waals surface area (Å²) in [5.74, 6) is -0.818. The van der Waals surface area contributed by atoms with E-state index in [1.807, 2.05) is 19.9 Å². The number of aryl methyl sites for hydroxylation is 2. The molecule has 2 rings (SSSR count). The molecule has 0 N–H and O–H groups in total. The van der Waals surface area contributed by atoms with Crippen LogP contribution in [0.5, 0.6) is 5.75 Å². The van der Waals surface area contributed by atoms with Crippen LogP contribution < -0.4 is 4.74 Å². The second-order valence-corrected chi connectivity index (χ2v) is 5.96. The summed E-state index contributed by atoms with van der Waals surface area (Å²) in [4.78, 5) is 14.0. The van der Waals surface area contributed by atoms with Crippen molar-refractivity contribution >= 4 is 28.7 Å². The van der Waals surface area contributed by atoms with E-state index < -0.39 is 5.82 Å². The third-order valence-corrected chi connectivity index (χ3v) is 3.87. The van der Waals surface area contributed by atoms with Gasteiger partial charge in [0.2, 0.25) is 5.78 Å². The molecule has 0 fully saturated rings. The lowest BCUT2D eigenvalue weighted by Gasteiger charge is -2.07. The third kappa shape index (κ3) is 3.14. The zero-order chi connectivity index (χ0) is 14.0. The summed E-state index contributed by atoms with van der Waals surface area (Å²) in [7, 11) is 0. The van der Waals surface area contributed by atoms with Gasteiger partial charge < -0.3 is 4.74 Å². The highest BCUT2D eigenvalue weighted by Crippen LogP contribution is 2.25. The van der Waals surface area contributed by atoms with Gasteiger partial charge in [-0.3, -0.25) is 4.79 Å². The molecular formula is C14H12ClFO2S. The van der Waals surface area contributed by atoms with E-state index in [4.69, 9.17) is 16.3 Å². The zero-order valence-corrected chi connectivity index (χ0v) is 12.1. The number of rotatable bonds is 4. The molecule has 0 atom stereocenters. The Morgan fingerprint density at radius 3 is 2.79 bits per heavy atom. The number of thiophene rings is 1. The smallest absolute Gasteiger partial charge is 0.201 e. The van der Waals surface area contributed by atoms with Crippen LogP contribution in [0.15, 0.2) is 24.3 Å². The van der Waals surface area contributed by atoms with Gasteiger partial charge in [0, 0.05) is 15.3 Å². The quantitative estimate of drug-likeness (QED) is 0.781. The van der Waals surface area contributed by atoms with Crippen molar-refractivity contribution in [3.8, 4) is 5.75 Å². The van der Waals surface area contributed by atoms with E-state index in [1.54, 1.807) is 17.4 Å². The molecule has 0 aliphatic rings. The molecule has 19 heavy (non-hydrogen) atoms. The molecule has 0 saturated heterocycles. The van der Waals surface area contributed by atoms with Crippen LogP contribution in [0, 0.1) is 19.7 Å². The highest BCUT2D eigenvalue weighted by atomic mass is 35.5. The van der Waals surface area contributed by atoms with Crippen molar-refractivity contribution in [2.24, 2.45) is 0 Å². The van der Waals surface area contributed by atoms with Crippen molar-refractivity contribution < 1.29 is 13.9 Å². The molecule has 0 aliphatic heterocycles. The van der Waals surface area contributed by atoms with Gasteiger partial charge in [-0.1, -0.05) is 17.7 Å². The number of carbonyl (C=O) groups excluding carboxylic acids is 1. The summed E-state index contributed by atoms with van der Waals surface area (Å²) in [5, 5.41) is -0.0208. The molecule has 0 spiro atoms. The van der Waals surface area contributed by atoms with Gasteiger partial charge in [0.05, 0.1) is 5.02 Å². The van der Waals surface area contributed by atoms with Gasteiger partial charge in [0.25, 0.3) is 0 Å². The fraction of sp³-hybridized carbons (Fsp3) is 0.214. The molecule has 0 saturated carbocycles. The summed E-state index contributed by atoms with van der Waals surface area (Å²) in [6, 6.07) is 6.27. The van der Waals surface area contributed by atoms with Crippen LogP contribution in [-0.2, 0) is 0 Å². The highest BCUT2D eigenvalue weighted by Gasteiger charge is 2.14. The molecular weight excluding hydrogens is 287 g/mol. The van der Waals surface area contributed by atoms with Gasteiger partial charge in [-0.25, -0.2) is 4.39 Å². The second-order valence-electron chi connectivity index (χ2n) is 4.09. The first-order valence-electron chi connectivity index (χ1n) is 5.66. The molecule has 0 unspecified atom stereocenters. The molecule has 100 valence electrons. The number of halogens is 2. The maximum Gasteiger partial charge on any atom is 0.201 e. The first-order chi connectivity index (χ1) is 8.99. The summed E-state index contributed by atoms with van der Waals surface area (Å²) in [5.41, 5.74) is 0.630. The van der Waals surface area contributed by atoms with Gasteiger partial charge in [0.1, 0.15) is 0 Å². The number of hydrogen-bond acceptors (Lipinski definition) is 3. The summed E-state index contributed by atoms with van der Waals surface area (Å²) >= 11 is 7.19. The van der Waals surface area contributed by atoms with Crippen molar-refractivity contribution in [3.63, 3.8) is 0 Å². The molecule has 0 aliphatic carbocycles. The lowest BCUT2D eigenvalue weighted by atomic mass is 10.2. The molecule has 5 heteroatoms. The Balaban J connectivity index is 2.09. The second kappa shape index (κ2) is 5.72. The SMILES string of the molecule is Cc1cc(C(=O)COc2cccc(Cl)c2F)c(C)s1. The van der Waals surface area contributed by atoms with Crippen LogP contribution in [0.4, 0.5) is 4.39 Å². The Labute approximate surface area is 119 Å². The molecule has 1 heterocycles. The summed E-state index contributed by atoms with van der Waals surface area (Å²) in [6.07, 6.45) is 0. The van der Waals surface area contributed by atoms with Crippen LogP contribution in [0.3, 0.4) is 0 Å². The average Bonchev–Trinajstić information content (AvgIpc) is 2.70. The van der Waals surface area contributed by atoms with Gasteiger partial charge in [-0.15, -0.1) is 11.3 Å². The predicted octanol–water partition coefficient (Wildman–Crippen LogP) is 4.42. The third-order valence-electron chi connectivity index (χ3n) is 2.62. The first-order valence-corrected chi connectivity index (χ1v) is 6.85. The molecule has 1 aromatic heterocycles. The number of hydrogen-bond donors (Lipinski definition) is 0. The minimum absolute atomic E-state index is 0.00884. The summed E-state index contributed by atoms with van der Waals surface area (Å²) < 4.78 is 18.8. The van der Waals surface area contributed by atoms with Gasteiger partial charge >= 0.3 is 0 Å². The Morgan fingerprint density at radius 1 is 1.42 bits per heavy atom. The minimum atomic E-state index is -0.643. The van der Waals surface area contributed by atoms with Crippen LogP contribution in [-0.4, -0.2) is 12.4 Å². The van der Waals surface area contributed by atoms with Crippen LogP contribution in [0.25, 0.3) is 0 Å². The lowest BCUT2D eigenvalue weighted by molar-refractivity contribution is 0.0918. The van der Waals surface area contributed by atoms with Crippen molar-refractivity contribution in [2.45, 2.75) is 13.8 Å². The number of Topliss-reactive ketones (excluding diaryl/α,β-unsaturated/α-hetero) is 1. The Morgan fingerprint density at radius 2 is 2.16 bits per heavy atom.